The fraction of sp³-hybridized carbons (Fsp3) is 0.0625. The molecule has 3 aromatic rings. The molecule has 116 valence electrons. The highest BCUT2D eigenvalue weighted by molar-refractivity contribution is 9.10. The first-order chi connectivity index (χ1) is 11.2. The third kappa shape index (κ3) is 3.94. The minimum absolute atomic E-state index is 0.268. The van der Waals surface area contributed by atoms with Gasteiger partial charge < -0.3 is 4.74 Å². The summed E-state index contributed by atoms with van der Waals surface area (Å²) in [6, 6.07) is 17.3. The molecular formula is C16H13BrN4OS. The van der Waals surface area contributed by atoms with Crippen molar-refractivity contribution in [2.45, 2.75) is 6.61 Å². The number of ether oxygens (including phenoxy) is 1. The van der Waals surface area contributed by atoms with Crippen molar-refractivity contribution in [3.8, 4) is 5.75 Å². The molecule has 1 heterocycles. The predicted octanol–water partition coefficient (Wildman–Crippen LogP) is 4.16. The smallest absolute Gasteiger partial charge is 0.216 e. The van der Waals surface area contributed by atoms with E-state index in [4.69, 9.17) is 17.0 Å². The summed E-state index contributed by atoms with van der Waals surface area (Å²) in [5.41, 5.74) is 0.950. The minimum Gasteiger partial charge on any atom is -0.486 e. The predicted molar refractivity (Wildman–Crippen MR) is 95.3 cm³/mol. The standard InChI is InChI=1S/C16H13BrN4OS/c17-14-9-5-4-6-12(14)10-18-21-15(19-20-16(21)23)11-22-13-7-2-1-3-8-13/h1-10H,11H2,(H,20,23)/b18-10-. The lowest BCUT2D eigenvalue weighted by Gasteiger charge is -2.05. The molecule has 1 N–H and O–H groups in total. The van der Waals surface area contributed by atoms with Crippen LogP contribution in [0.5, 0.6) is 5.75 Å². The first-order valence-corrected chi connectivity index (χ1v) is 8.07. The van der Waals surface area contributed by atoms with Crippen LogP contribution in [0.1, 0.15) is 11.4 Å². The van der Waals surface area contributed by atoms with E-state index in [9.17, 15) is 0 Å². The van der Waals surface area contributed by atoms with Crippen LogP contribution in [0.15, 0.2) is 64.2 Å². The first-order valence-electron chi connectivity index (χ1n) is 6.87. The number of para-hydroxylation sites is 1. The molecule has 1 aromatic heterocycles. The Morgan fingerprint density at radius 3 is 2.70 bits per heavy atom. The Morgan fingerprint density at radius 2 is 1.91 bits per heavy atom. The van der Waals surface area contributed by atoms with Gasteiger partial charge in [-0.25, -0.2) is 5.10 Å². The Labute approximate surface area is 146 Å². The first kappa shape index (κ1) is 15.6. The summed E-state index contributed by atoms with van der Waals surface area (Å²) >= 11 is 8.70. The van der Waals surface area contributed by atoms with Crippen molar-refractivity contribution in [2.24, 2.45) is 5.10 Å². The maximum Gasteiger partial charge on any atom is 0.216 e. The third-order valence-electron chi connectivity index (χ3n) is 3.05. The number of hydrogen-bond acceptors (Lipinski definition) is 4. The highest BCUT2D eigenvalue weighted by atomic mass is 79.9. The highest BCUT2D eigenvalue weighted by Gasteiger charge is 2.06. The van der Waals surface area contributed by atoms with E-state index < -0.39 is 0 Å². The van der Waals surface area contributed by atoms with E-state index in [1.807, 2.05) is 54.6 Å². The van der Waals surface area contributed by atoms with Crippen LogP contribution in [-0.4, -0.2) is 21.1 Å². The van der Waals surface area contributed by atoms with Crippen LogP contribution < -0.4 is 4.74 Å². The molecule has 0 saturated heterocycles. The van der Waals surface area contributed by atoms with Gasteiger partial charge in [0.1, 0.15) is 12.4 Å². The van der Waals surface area contributed by atoms with Crippen molar-refractivity contribution >= 4 is 34.4 Å². The Hall–Kier alpha value is -2.25. The van der Waals surface area contributed by atoms with Crippen molar-refractivity contribution in [1.29, 1.82) is 0 Å². The van der Waals surface area contributed by atoms with Gasteiger partial charge in [-0.3, -0.25) is 0 Å². The molecule has 0 amide bonds. The van der Waals surface area contributed by atoms with Gasteiger partial charge >= 0.3 is 0 Å². The van der Waals surface area contributed by atoms with Gasteiger partial charge in [0.25, 0.3) is 0 Å². The second kappa shape index (κ2) is 7.34. The molecule has 3 rings (SSSR count). The molecule has 2 aromatic carbocycles. The quantitative estimate of drug-likeness (QED) is 0.527. The average Bonchev–Trinajstić information content (AvgIpc) is 2.93. The number of H-pyrrole nitrogens is 1. The van der Waals surface area contributed by atoms with Crippen LogP contribution in [0, 0.1) is 4.77 Å². The van der Waals surface area contributed by atoms with Crippen LogP contribution in [0.4, 0.5) is 0 Å². The number of nitrogens with zero attached hydrogens (tertiary/aromatic N) is 3. The van der Waals surface area contributed by atoms with Crippen LogP contribution in [-0.2, 0) is 6.61 Å². The van der Waals surface area contributed by atoms with Crippen molar-refractivity contribution in [3.63, 3.8) is 0 Å². The minimum atomic E-state index is 0.268. The number of rotatable bonds is 5. The second-order valence-corrected chi connectivity index (χ2v) is 5.87. The van der Waals surface area contributed by atoms with E-state index in [1.54, 1.807) is 10.9 Å². The molecule has 0 saturated carbocycles. The Bertz CT molecular complexity index is 873. The average molecular weight is 389 g/mol. The zero-order valence-corrected chi connectivity index (χ0v) is 14.4. The molecule has 0 atom stereocenters. The molecular weight excluding hydrogens is 376 g/mol. The van der Waals surface area contributed by atoms with Gasteiger partial charge in [0.2, 0.25) is 4.77 Å². The lowest BCUT2D eigenvalue weighted by atomic mass is 10.2. The number of benzene rings is 2. The molecule has 0 bridgehead atoms. The molecule has 0 aliphatic heterocycles. The second-order valence-electron chi connectivity index (χ2n) is 4.62. The van der Waals surface area contributed by atoms with E-state index >= 15 is 0 Å². The number of nitrogens with one attached hydrogen (secondary N) is 1. The van der Waals surface area contributed by atoms with E-state index in [0.717, 1.165) is 15.8 Å². The molecule has 0 aliphatic carbocycles. The summed E-state index contributed by atoms with van der Waals surface area (Å²) in [6.07, 6.45) is 1.72. The van der Waals surface area contributed by atoms with Gasteiger partial charge in [0.15, 0.2) is 5.82 Å². The molecule has 5 nitrogen and oxygen atoms in total. The van der Waals surface area contributed by atoms with Crippen molar-refractivity contribution < 1.29 is 4.74 Å². The zero-order chi connectivity index (χ0) is 16.1. The summed E-state index contributed by atoms with van der Waals surface area (Å²) in [5, 5.41) is 11.3. The topological polar surface area (TPSA) is 55.2 Å². The number of halogens is 1. The molecule has 23 heavy (non-hydrogen) atoms. The SMILES string of the molecule is S=c1[nH]nc(COc2ccccc2)n1/N=C\c1ccccc1Br. The number of aromatic amines is 1. The van der Waals surface area contributed by atoms with Gasteiger partial charge in [-0.05, 0) is 30.4 Å². The molecule has 0 radical (unpaired) electrons. The van der Waals surface area contributed by atoms with Gasteiger partial charge in [0.05, 0.1) is 6.21 Å². The zero-order valence-electron chi connectivity index (χ0n) is 12.0. The van der Waals surface area contributed by atoms with Gasteiger partial charge in [-0.15, -0.1) is 0 Å². The highest BCUT2D eigenvalue weighted by Crippen LogP contribution is 2.14. The summed E-state index contributed by atoms with van der Waals surface area (Å²) in [4.78, 5) is 0. The monoisotopic (exact) mass is 388 g/mol. The number of aromatic nitrogens is 3. The largest absolute Gasteiger partial charge is 0.486 e. The van der Waals surface area contributed by atoms with E-state index in [2.05, 4.69) is 31.2 Å². The Balaban J connectivity index is 1.79. The molecule has 0 aliphatic rings. The fourth-order valence-electron chi connectivity index (χ4n) is 1.90. The molecule has 0 fully saturated rings. The Kier molecular flexibility index (Phi) is 4.99. The maximum absolute atomic E-state index is 5.69. The van der Waals surface area contributed by atoms with E-state index in [1.165, 1.54) is 0 Å². The van der Waals surface area contributed by atoms with Crippen molar-refractivity contribution in [1.82, 2.24) is 14.9 Å². The van der Waals surface area contributed by atoms with Crippen LogP contribution in [0.3, 0.4) is 0 Å². The lowest BCUT2D eigenvalue weighted by molar-refractivity contribution is 0.290. The summed E-state index contributed by atoms with van der Waals surface area (Å²) in [5.74, 6) is 1.37. The molecule has 0 spiro atoms. The van der Waals surface area contributed by atoms with E-state index in [0.29, 0.717) is 10.6 Å². The molecule has 7 heteroatoms. The van der Waals surface area contributed by atoms with Crippen molar-refractivity contribution in [3.05, 3.63) is 75.2 Å². The third-order valence-corrected chi connectivity index (χ3v) is 4.03. The summed E-state index contributed by atoms with van der Waals surface area (Å²) < 4.78 is 8.62. The number of hydrogen-bond donors (Lipinski definition) is 1. The summed E-state index contributed by atoms with van der Waals surface area (Å²) in [6.45, 7) is 0.268. The maximum atomic E-state index is 5.69. The van der Waals surface area contributed by atoms with Crippen LogP contribution >= 0.6 is 28.1 Å². The van der Waals surface area contributed by atoms with Gasteiger partial charge in [-0.1, -0.05) is 52.3 Å². The lowest BCUT2D eigenvalue weighted by Crippen LogP contribution is -2.04. The fourth-order valence-corrected chi connectivity index (χ4v) is 2.49. The Morgan fingerprint density at radius 1 is 1.17 bits per heavy atom. The summed E-state index contributed by atoms with van der Waals surface area (Å²) in [7, 11) is 0. The molecule has 0 unspecified atom stereocenters. The van der Waals surface area contributed by atoms with Crippen LogP contribution in [0.2, 0.25) is 0 Å². The van der Waals surface area contributed by atoms with E-state index in [-0.39, 0.29) is 6.61 Å². The van der Waals surface area contributed by atoms with Crippen LogP contribution in [0.25, 0.3) is 0 Å². The normalized spacial score (nSPS) is 11.0. The van der Waals surface area contributed by atoms with Gasteiger partial charge in [0, 0.05) is 10.0 Å². The van der Waals surface area contributed by atoms with Gasteiger partial charge in [-0.2, -0.15) is 14.9 Å². The van der Waals surface area contributed by atoms with Crippen molar-refractivity contribution in [2.75, 3.05) is 0 Å².